The number of hydrogen-bond donors (Lipinski definition) is 1. The molecular weight excluding hydrogens is 242 g/mol. The van der Waals surface area contributed by atoms with Crippen LogP contribution in [0.5, 0.6) is 0 Å². The molecule has 112 valence electrons. The Morgan fingerprint density at radius 2 is 1.80 bits per heavy atom. The molecule has 20 heavy (non-hydrogen) atoms. The van der Waals surface area contributed by atoms with Gasteiger partial charge in [-0.05, 0) is 54.7 Å². The van der Waals surface area contributed by atoms with Crippen molar-refractivity contribution < 1.29 is 0 Å². The van der Waals surface area contributed by atoms with E-state index < -0.39 is 0 Å². The van der Waals surface area contributed by atoms with Crippen molar-refractivity contribution >= 4 is 0 Å². The van der Waals surface area contributed by atoms with Crippen LogP contribution in [0.4, 0.5) is 0 Å². The maximum absolute atomic E-state index is 3.74. The summed E-state index contributed by atoms with van der Waals surface area (Å²) < 4.78 is 0. The lowest BCUT2D eigenvalue weighted by Crippen LogP contribution is -2.28. The predicted molar refractivity (Wildman–Crippen MR) is 88.3 cm³/mol. The van der Waals surface area contributed by atoms with Crippen LogP contribution in [0.1, 0.15) is 64.5 Å². The van der Waals surface area contributed by atoms with Crippen molar-refractivity contribution in [2.45, 2.75) is 71.3 Å². The Bertz CT molecular complexity index is 399. The number of hydrogen-bond acceptors (Lipinski definition) is 1. The third-order valence-electron chi connectivity index (χ3n) is 4.79. The Hall–Kier alpha value is -0.820. The standard InChI is InChI=1S/C19H31N/c1-5-15-8-11-18(14-15)20-13-12-16-6-9-17(10-7-16)19(2,3)4/h6-7,9-10,15,18,20H,5,8,11-14H2,1-4H3/t15-,18?/m1/s1. The van der Waals surface area contributed by atoms with Gasteiger partial charge in [-0.1, -0.05) is 58.4 Å². The van der Waals surface area contributed by atoms with Gasteiger partial charge in [-0.25, -0.2) is 0 Å². The van der Waals surface area contributed by atoms with Gasteiger partial charge in [0.1, 0.15) is 0 Å². The van der Waals surface area contributed by atoms with Gasteiger partial charge in [0, 0.05) is 6.04 Å². The molecule has 1 aliphatic rings. The van der Waals surface area contributed by atoms with E-state index in [0.717, 1.165) is 24.9 Å². The summed E-state index contributed by atoms with van der Waals surface area (Å²) in [5.74, 6) is 0.971. The maximum atomic E-state index is 3.74. The van der Waals surface area contributed by atoms with E-state index in [1.807, 2.05) is 0 Å². The van der Waals surface area contributed by atoms with E-state index in [-0.39, 0.29) is 5.41 Å². The molecule has 1 heteroatoms. The fourth-order valence-corrected chi connectivity index (χ4v) is 3.22. The first-order chi connectivity index (χ1) is 9.49. The molecule has 1 N–H and O–H groups in total. The zero-order chi connectivity index (χ0) is 14.6. The Morgan fingerprint density at radius 1 is 1.10 bits per heavy atom. The van der Waals surface area contributed by atoms with E-state index in [9.17, 15) is 0 Å². The van der Waals surface area contributed by atoms with Crippen LogP contribution in [0.15, 0.2) is 24.3 Å². The van der Waals surface area contributed by atoms with Crippen LogP contribution in [0, 0.1) is 5.92 Å². The zero-order valence-electron chi connectivity index (χ0n) is 13.7. The molecule has 0 amide bonds. The van der Waals surface area contributed by atoms with Crippen molar-refractivity contribution in [3.63, 3.8) is 0 Å². The highest BCUT2D eigenvalue weighted by atomic mass is 14.9. The average Bonchev–Trinajstić information content (AvgIpc) is 2.86. The second kappa shape index (κ2) is 6.76. The summed E-state index contributed by atoms with van der Waals surface area (Å²) in [5.41, 5.74) is 3.14. The first-order valence-electron chi connectivity index (χ1n) is 8.32. The summed E-state index contributed by atoms with van der Waals surface area (Å²) in [4.78, 5) is 0. The van der Waals surface area contributed by atoms with Gasteiger partial charge in [-0.2, -0.15) is 0 Å². The first-order valence-corrected chi connectivity index (χ1v) is 8.32. The van der Waals surface area contributed by atoms with E-state index in [4.69, 9.17) is 0 Å². The Balaban J connectivity index is 1.75. The quantitative estimate of drug-likeness (QED) is 0.820. The first kappa shape index (κ1) is 15.6. The highest BCUT2D eigenvalue weighted by molar-refractivity contribution is 5.27. The van der Waals surface area contributed by atoms with Gasteiger partial charge in [-0.3, -0.25) is 0 Å². The summed E-state index contributed by atoms with van der Waals surface area (Å²) in [5, 5.41) is 3.74. The minimum Gasteiger partial charge on any atom is -0.314 e. The van der Waals surface area contributed by atoms with Gasteiger partial charge in [0.05, 0.1) is 0 Å². The van der Waals surface area contributed by atoms with Crippen LogP contribution in [-0.2, 0) is 11.8 Å². The molecule has 0 radical (unpaired) electrons. The van der Waals surface area contributed by atoms with Crippen LogP contribution in [-0.4, -0.2) is 12.6 Å². The summed E-state index contributed by atoms with van der Waals surface area (Å²) in [6, 6.07) is 9.95. The average molecular weight is 273 g/mol. The van der Waals surface area contributed by atoms with Gasteiger partial charge in [0.2, 0.25) is 0 Å². The van der Waals surface area contributed by atoms with Crippen LogP contribution in [0.25, 0.3) is 0 Å². The molecule has 1 saturated carbocycles. The van der Waals surface area contributed by atoms with E-state index >= 15 is 0 Å². The molecule has 0 saturated heterocycles. The highest BCUT2D eigenvalue weighted by Gasteiger charge is 2.22. The number of benzene rings is 1. The fourth-order valence-electron chi connectivity index (χ4n) is 3.22. The smallest absolute Gasteiger partial charge is 0.00699 e. The zero-order valence-corrected chi connectivity index (χ0v) is 13.7. The predicted octanol–water partition coefficient (Wildman–Crippen LogP) is 4.69. The van der Waals surface area contributed by atoms with Crippen LogP contribution >= 0.6 is 0 Å². The van der Waals surface area contributed by atoms with E-state index in [2.05, 4.69) is 57.3 Å². The van der Waals surface area contributed by atoms with Crippen molar-refractivity contribution in [1.29, 1.82) is 0 Å². The fraction of sp³-hybridized carbons (Fsp3) is 0.684. The van der Waals surface area contributed by atoms with Gasteiger partial charge >= 0.3 is 0 Å². The molecule has 1 aromatic rings. The molecule has 1 aliphatic carbocycles. The van der Waals surface area contributed by atoms with Gasteiger partial charge in [-0.15, -0.1) is 0 Å². The minimum atomic E-state index is 0.260. The summed E-state index contributed by atoms with van der Waals surface area (Å²) in [6.45, 7) is 10.3. The molecular formula is C19H31N. The molecule has 1 nitrogen and oxygen atoms in total. The molecule has 1 fully saturated rings. The van der Waals surface area contributed by atoms with E-state index in [1.54, 1.807) is 0 Å². The SMILES string of the molecule is CC[C@@H]1CCC(NCCc2ccc(C(C)(C)C)cc2)C1. The lowest BCUT2D eigenvalue weighted by atomic mass is 9.86. The Morgan fingerprint density at radius 3 is 2.35 bits per heavy atom. The molecule has 2 rings (SSSR count). The van der Waals surface area contributed by atoms with E-state index in [0.29, 0.717) is 0 Å². The van der Waals surface area contributed by atoms with Gasteiger partial charge in [0.15, 0.2) is 0 Å². The summed E-state index contributed by atoms with van der Waals surface area (Å²) >= 11 is 0. The third kappa shape index (κ3) is 4.34. The largest absolute Gasteiger partial charge is 0.314 e. The second-order valence-electron chi connectivity index (χ2n) is 7.44. The van der Waals surface area contributed by atoms with Crippen molar-refractivity contribution in [3.8, 4) is 0 Å². The van der Waals surface area contributed by atoms with Crippen molar-refractivity contribution in [2.75, 3.05) is 6.54 Å². The lowest BCUT2D eigenvalue weighted by molar-refractivity contribution is 0.479. The van der Waals surface area contributed by atoms with Crippen LogP contribution in [0.2, 0.25) is 0 Å². The lowest BCUT2D eigenvalue weighted by Gasteiger charge is -2.19. The molecule has 0 spiro atoms. The molecule has 0 bridgehead atoms. The molecule has 0 heterocycles. The van der Waals surface area contributed by atoms with Crippen molar-refractivity contribution in [1.82, 2.24) is 5.32 Å². The summed E-state index contributed by atoms with van der Waals surface area (Å²) in [7, 11) is 0. The second-order valence-corrected chi connectivity index (χ2v) is 7.44. The van der Waals surface area contributed by atoms with Gasteiger partial charge in [0.25, 0.3) is 0 Å². The monoisotopic (exact) mass is 273 g/mol. The Labute approximate surface area is 125 Å². The molecule has 0 aromatic heterocycles. The highest BCUT2D eigenvalue weighted by Crippen LogP contribution is 2.27. The molecule has 1 aromatic carbocycles. The minimum absolute atomic E-state index is 0.260. The molecule has 0 aliphatic heterocycles. The maximum Gasteiger partial charge on any atom is 0.00699 e. The summed E-state index contributed by atoms with van der Waals surface area (Å²) in [6.07, 6.45) is 6.69. The molecule has 1 unspecified atom stereocenters. The molecule has 2 atom stereocenters. The normalized spacial score (nSPS) is 23.2. The number of nitrogens with one attached hydrogen (secondary N) is 1. The topological polar surface area (TPSA) is 12.0 Å². The third-order valence-corrected chi connectivity index (χ3v) is 4.79. The van der Waals surface area contributed by atoms with Crippen LogP contribution < -0.4 is 5.32 Å². The van der Waals surface area contributed by atoms with Crippen LogP contribution in [0.3, 0.4) is 0 Å². The van der Waals surface area contributed by atoms with E-state index in [1.165, 1.54) is 36.8 Å². The Kier molecular flexibility index (Phi) is 5.26. The number of rotatable bonds is 5. The van der Waals surface area contributed by atoms with Gasteiger partial charge < -0.3 is 5.32 Å². The van der Waals surface area contributed by atoms with Crippen molar-refractivity contribution in [3.05, 3.63) is 35.4 Å². The van der Waals surface area contributed by atoms with Crippen molar-refractivity contribution in [2.24, 2.45) is 5.92 Å².